The van der Waals surface area contributed by atoms with E-state index in [1.807, 2.05) is 24.3 Å². The molecule has 44 heavy (non-hydrogen) atoms. The largest absolute Gasteiger partial charge is 0.491 e. The Balaban J connectivity index is 1.10. The molecule has 1 aromatic heterocycles. The highest BCUT2D eigenvalue weighted by molar-refractivity contribution is 7.93. The van der Waals surface area contributed by atoms with Gasteiger partial charge in [0.15, 0.2) is 9.84 Å². The second-order valence-electron chi connectivity index (χ2n) is 11.9. The number of fused-ring (bicyclic) bond motifs is 1. The SMILES string of the molecule is CC(C)(C(N)=O)S(=O)(=O)c1cccc(OCC(O)CN[C@H]2COC3(CCN(S(=O)(=O)c4cnc5ccccc5c4)CC3)C2)c1. The van der Waals surface area contributed by atoms with Crippen LogP contribution in [0.1, 0.15) is 33.1 Å². The molecule has 2 aliphatic heterocycles. The van der Waals surface area contributed by atoms with Gasteiger partial charge in [-0.3, -0.25) is 9.78 Å². The Kier molecular flexibility index (Phi) is 9.04. The van der Waals surface area contributed by atoms with Gasteiger partial charge < -0.3 is 25.6 Å². The molecule has 0 bridgehead atoms. The number of pyridine rings is 1. The molecule has 3 aromatic rings. The molecular weight excluding hydrogens is 608 g/mol. The fourth-order valence-electron chi connectivity index (χ4n) is 5.51. The summed E-state index contributed by atoms with van der Waals surface area (Å²) in [7, 11) is -7.74. The van der Waals surface area contributed by atoms with Crippen molar-refractivity contribution >= 4 is 36.7 Å². The van der Waals surface area contributed by atoms with E-state index in [9.17, 15) is 26.7 Å². The van der Waals surface area contributed by atoms with Crippen LogP contribution in [0.25, 0.3) is 10.9 Å². The number of nitrogens with zero attached hydrogens (tertiary/aromatic N) is 2. The zero-order valence-corrected chi connectivity index (χ0v) is 26.3. The topological polar surface area (TPSA) is 178 Å². The maximum atomic E-state index is 13.3. The summed E-state index contributed by atoms with van der Waals surface area (Å²) in [5.41, 5.74) is 5.60. The van der Waals surface area contributed by atoms with Crippen molar-refractivity contribution in [1.29, 1.82) is 0 Å². The number of piperidine rings is 1. The first-order valence-electron chi connectivity index (χ1n) is 14.4. The smallest absolute Gasteiger partial charge is 0.244 e. The highest BCUT2D eigenvalue weighted by Gasteiger charge is 2.45. The van der Waals surface area contributed by atoms with Crippen molar-refractivity contribution in [3.63, 3.8) is 0 Å². The van der Waals surface area contributed by atoms with Gasteiger partial charge in [0.1, 0.15) is 28.1 Å². The molecule has 2 fully saturated rings. The summed E-state index contributed by atoms with van der Waals surface area (Å²) in [5.74, 6) is -0.730. The zero-order chi connectivity index (χ0) is 31.8. The highest BCUT2D eigenvalue weighted by Crippen LogP contribution is 2.37. The number of aliphatic hydroxyl groups excluding tert-OH is 1. The van der Waals surface area contributed by atoms with E-state index in [2.05, 4.69) is 10.3 Å². The number of nitrogens with two attached hydrogens (primary N) is 1. The van der Waals surface area contributed by atoms with Gasteiger partial charge in [0.25, 0.3) is 0 Å². The number of para-hydroxylation sites is 1. The number of sulfone groups is 1. The van der Waals surface area contributed by atoms with E-state index in [0.29, 0.717) is 39.0 Å². The lowest BCUT2D eigenvalue weighted by Gasteiger charge is -2.38. The van der Waals surface area contributed by atoms with Gasteiger partial charge in [-0.05, 0) is 63.4 Å². The normalized spacial score (nSPS) is 20.1. The van der Waals surface area contributed by atoms with Crippen molar-refractivity contribution in [3.05, 3.63) is 60.8 Å². The lowest BCUT2D eigenvalue weighted by Crippen LogP contribution is -2.47. The molecule has 12 nitrogen and oxygen atoms in total. The second-order valence-corrected chi connectivity index (χ2v) is 16.3. The average Bonchev–Trinajstić information content (AvgIpc) is 3.40. The molecule has 1 amide bonds. The van der Waals surface area contributed by atoms with Crippen molar-refractivity contribution in [2.75, 3.05) is 32.8 Å². The first kappa shape index (κ1) is 32.3. The molecule has 2 aliphatic rings. The molecule has 4 N–H and O–H groups in total. The fraction of sp³-hybridized carbons (Fsp3) is 0.467. The minimum Gasteiger partial charge on any atom is -0.491 e. The highest BCUT2D eigenvalue weighted by atomic mass is 32.2. The summed E-state index contributed by atoms with van der Waals surface area (Å²) in [4.78, 5) is 16.1. The minimum atomic E-state index is -4.05. The Morgan fingerprint density at radius 1 is 1.14 bits per heavy atom. The zero-order valence-electron chi connectivity index (χ0n) is 24.7. The first-order chi connectivity index (χ1) is 20.7. The maximum Gasteiger partial charge on any atom is 0.244 e. The molecule has 2 aromatic carbocycles. The van der Waals surface area contributed by atoms with Crippen LogP contribution in [0.2, 0.25) is 0 Å². The molecular formula is C30H38N4O8S2. The average molecular weight is 647 g/mol. The number of sulfonamides is 1. The number of primary amides is 1. The van der Waals surface area contributed by atoms with Crippen LogP contribution in [0.3, 0.4) is 0 Å². The number of carbonyl (C=O) groups excluding carboxylic acids is 1. The van der Waals surface area contributed by atoms with E-state index in [1.165, 1.54) is 42.5 Å². The Morgan fingerprint density at radius 3 is 2.59 bits per heavy atom. The Morgan fingerprint density at radius 2 is 1.86 bits per heavy atom. The second kappa shape index (κ2) is 12.3. The number of rotatable bonds is 11. The van der Waals surface area contributed by atoms with E-state index in [0.717, 1.165) is 10.9 Å². The quantitative estimate of drug-likeness (QED) is 0.277. The number of hydrogen-bond acceptors (Lipinski definition) is 10. The summed E-state index contributed by atoms with van der Waals surface area (Å²) in [6.07, 6.45) is 2.32. The lowest BCUT2D eigenvalue weighted by atomic mass is 9.88. The molecule has 1 spiro atoms. The molecule has 2 atom stereocenters. The van der Waals surface area contributed by atoms with E-state index in [4.69, 9.17) is 15.2 Å². The van der Waals surface area contributed by atoms with Crippen LogP contribution in [0.15, 0.2) is 70.6 Å². The number of nitrogens with one attached hydrogen (secondary N) is 1. The number of hydrogen-bond donors (Lipinski definition) is 3. The summed E-state index contributed by atoms with van der Waals surface area (Å²) < 4.78 is 63.9. The van der Waals surface area contributed by atoms with Crippen LogP contribution < -0.4 is 15.8 Å². The molecule has 1 unspecified atom stereocenters. The lowest BCUT2D eigenvalue weighted by molar-refractivity contribution is -0.119. The molecule has 2 saturated heterocycles. The number of amides is 1. The van der Waals surface area contributed by atoms with Gasteiger partial charge in [0.05, 0.1) is 22.6 Å². The van der Waals surface area contributed by atoms with Gasteiger partial charge in [-0.15, -0.1) is 0 Å². The van der Waals surface area contributed by atoms with Crippen molar-refractivity contribution in [2.24, 2.45) is 5.73 Å². The van der Waals surface area contributed by atoms with Gasteiger partial charge in [0.2, 0.25) is 15.9 Å². The number of aliphatic hydroxyl groups is 1. The van der Waals surface area contributed by atoms with Crippen molar-refractivity contribution in [1.82, 2.24) is 14.6 Å². The summed E-state index contributed by atoms with van der Waals surface area (Å²) in [5, 5.41) is 14.6. The van der Waals surface area contributed by atoms with Crippen LogP contribution in [0.4, 0.5) is 0 Å². The fourth-order valence-corrected chi connectivity index (χ4v) is 8.32. The molecule has 0 radical (unpaired) electrons. The van der Waals surface area contributed by atoms with E-state index < -0.39 is 42.2 Å². The molecule has 3 heterocycles. The van der Waals surface area contributed by atoms with Gasteiger partial charge >= 0.3 is 0 Å². The van der Waals surface area contributed by atoms with Gasteiger partial charge in [-0.25, -0.2) is 16.8 Å². The third-order valence-electron chi connectivity index (χ3n) is 8.51. The standard InChI is InChI=1S/C30H38N4O8S2/c1-29(2,28(31)36)43(37,38)25-8-5-7-24(15-25)41-20-23(35)17-32-22-16-30(42-19-22)10-12-34(13-11-30)44(39,40)26-14-21-6-3-4-9-27(21)33-18-26/h3-9,14-15,18,22-23,32,35H,10-13,16-17,19-20H2,1-2H3,(H2,31,36)/t22-,23?/m1/s1. The number of aromatic nitrogens is 1. The molecule has 0 aliphatic carbocycles. The maximum absolute atomic E-state index is 13.3. The monoisotopic (exact) mass is 646 g/mol. The van der Waals surface area contributed by atoms with Crippen LogP contribution in [-0.4, -0.2) is 92.5 Å². The van der Waals surface area contributed by atoms with E-state index >= 15 is 0 Å². The number of ether oxygens (including phenoxy) is 2. The Labute approximate surface area is 257 Å². The van der Waals surface area contributed by atoms with Gasteiger partial charge in [0, 0.05) is 37.3 Å². The third kappa shape index (κ3) is 6.46. The van der Waals surface area contributed by atoms with Crippen LogP contribution in [-0.2, 0) is 29.4 Å². The minimum absolute atomic E-state index is 0.0259. The van der Waals surface area contributed by atoms with E-state index in [1.54, 1.807) is 12.1 Å². The summed E-state index contributed by atoms with van der Waals surface area (Å²) >= 11 is 0. The number of carbonyl (C=O) groups is 1. The molecule has 238 valence electrons. The van der Waals surface area contributed by atoms with Crippen LogP contribution in [0.5, 0.6) is 5.75 Å². The summed E-state index contributed by atoms with van der Waals surface area (Å²) in [6, 6.07) is 14.8. The van der Waals surface area contributed by atoms with Crippen LogP contribution in [0, 0.1) is 0 Å². The van der Waals surface area contributed by atoms with Crippen LogP contribution >= 0.6 is 0 Å². The molecule has 5 rings (SSSR count). The first-order valence-corrected chi connectivity index (χ1v) is 17.3. The van der Waals surface area contributed by atoms with E-state index in [-0.39, 0.29) is 34.7 Å². The third-order valence-corrected chi connectivity index (χ3v) is 12.8. The molecule has 14 heteroatoms. The van der Waals surface area contributed by atoms with Crippen molar-refractivity contribution in [2.45, 2.75) is 65.4 Å². The van der Waals surface area contributed by atoms with Crippen molar-refractivity contribution in [3.8, 4) is 5.75 Å². The van der Waals surface area contributed by atoms with Crippen molar-refractivity contribution < 1.29 is 36.2 Å². The Bertz CT molecular complexity index is 1740. The van der Waals surface area contributed by atoms with Gasteiger partial charge in [-0.1, -0.05) is 24.3 Å². The molecule has 0 saturated carbocycles. The predicted octanol–water partition coefficient (Wildman–Crippen LogP) is 1.61. The van der Waals surface area contributed by atoms with Gasteiger partial charge in [-0.2, -0.15) is 4.31 Å². The Hall–Kier alpha value is -3.14. The summed E-state index contributed by atoms with van der Waals surface area (Å²) in [6.45, 7) is 3.73. The number of benzene rings is 2. The predicted molar refractivity (Wildman–Crippen MR) is 163 cm³/mol.